The third-order valence-electron chi connectivity index (χ3n) is 2.24. The van der Waals surface area contributed by atoms with Crippen molar-refractivity contribution in [3.05, 3.63) is 23.3 Å². The first-order valence-electron chi connectivity index (χ1n) is 5.58. The molecule has 1 aromatic rings. The lowest BCUT2D eigenvalue weighted by Crippen LogP contribution is -2.43. The fourth-order valence-electron chi connectivity index (χ4n) is 1.62. The molecule has 0 aliphatic rings. The molecule has 0 spiro atoms. The van der Waals surface area contributed by atoms with Crippen LogP contribution in [-0.4, -0.2) is 16.7 Å². The molecule has 0 unspecified atom stereocenters. The number of aromatic hydroxyl groups is 1. The predicted molar refractivity (Wildman–Crippen MR) is 69.5 cm³/mol. The van der Waals surface area contributed by atoms with Crippen molar-refractivity contribution in [1.82, 2.24) is 5.32 Å². The van der Waals surface area contributed by atoms with E-state index in [4.69, 9.17) is 0 Å². The van der Waals surface area contributed by atoms with Gasteiger partial charge in [-0.05, 0) is 57.9 Å². The van der Waals surface area contributed by atoms with Gasteiger partial charge >= 0.3 is 6.03 Å². The Kier molecular flexibility index (Phi) is 3.66. The van der Waals surface area contributed by atoms with Crippen LogP contribution in [-0.2, 0) is 0 Å². The number of carbonyl (C=O) groups is 1. The van der Waals surface area contributed by atoms with Gasteiger partial charge in [-0.15, -0.1) is 0 Å². The van der Waals surface area contributed by atoms with Gasteiger partial charge in [0, 0.05) is 11.2 Å². The molecule has 0 saturated carbocycles. The number of benzene rings is 1. The highest BCUT2D eigenvalue weighted by Gasteiger charge is 2.15. The summed E-state index contributed by atoms with van der Waals surface area (Å²) in [5, 5.41) is 15.0. The van der Waals surface area contributed by atoms with Crippen molar-refractivity contribution < 1.29 is 9.90 Å². The highest BCUT2D eigenvalue weighted by molar-refractivity contribution is 5.91. The molecule has 0 aliphatic carbocycles. The number of aryl methyl sites for hydroxylation is 2. The van der Waals surface area contributed by atoms with Crippen LogP contribution in [0.1, 0.15) is 31.9 Å². The second-order valence-corrected chi connectivity index (χ2v) is 5.28. The van der Waals surface area contributed by atoms with E-state index in [-0.39, 0.29) is 17.3 Å². The predicted octanol–water partition coefficient (Wildman–Crippen LogP) is 2.93. The fraction of sp³-hybridized carbons (Fsp3) is 0.462. The lowest BCUT2D eigenvalue weighted by atomic mass is 10.1. The van der Waals surface area contributed by atoms with Crippen LogP contribution < -0.4 is 10.6 Å². The van der Waals surface area contributed by atoms with Crippen LogP contribution in [0.4, 0.5) is 10.5 Å². The standard InChI is InChI=1S/C13H20N2O2/c1-8-6-10(16)7-9(2)11(8)14-12(17)15-13(3,4)5/h6-7,16H,1-5H3,(H2,14,15,17). The topological polar surface area (TPSA) is 61.4 Å². The molecule has 0 bridgehead atoms. The first-order valence-corrected chi connectivity index (χ1v) is 5.58. The summed E-state index contributed by atoms with van der Waals surface area (Å²) >= 11 is 0. The van der Waals surface area contributed by atoms with Crippen molar-refractivity contribution >= 4 is 11.7 Å². The van der Waals surface area contributed by atoms with E-state index in [0.717, 1.165) is 16.8 Å². The molecular formula is C13H20N2O2. The normalized spacial score (nSPS) is 11.1. The second-order valence-electron chi connectivity index (χ2n) is 5.28. The van der Waals surface area contributed by atoms with E-state index in [2.05, 4.69) is 10.6 Å². The van der Waals surface area contributed by atoms with Crippen LogP contribution >= 0.6 is 0 Å². The van der Waals surface area contributed by atoms with Crippen molar-refractivity contribution in [3.8, 4) is 5.75 Å². The zero-order valence-corrected chi connectivity index (χ0v) is 11.0. The van der Waals surface area contributed by atoms with Crippen molar-refractivity contribution in [3.63, 3.8) is 0 Å². The van der Waals surface area contributed by atoms with Crippen LogP contribution in [0, 0.1) is 13.8 Å². The molecule has 0 aliphatic heterocycles. The molecule has 4 nitrogen and oxygen atoms in total. The summed E-state index contributed by atoms with van der Waals surface area (Å²) < 4.78 is 0. The molecule has 17 heavy (non-hydrogen) atoms. The van der Waals surface area contributed by atoms with Crippen LogP contribution in [0.2, 0.25) is 0 Å². The molecule has 4 heteroatoms. The molecule has 1 rings (SSSR count). The third kappa shape index (κ3) is 3.98. The summed E-state index contributed by atoms with van der Waals surface area (Å²) in [6.45, 7) is 9.45. The largest absolute Gasteiger partial charge is 0.508 e. The Morgan fingerprint density at radius 3 is 2.06 bits per heavy atom. The Hall–Kier alpha value is -1.71. The highest BCUT2D eigenvalue weighted by atomic mass is 16.3. The zero-order valence-electron chi connectivity index (χ0n) is 11.0. The van der Waals surface area contributed by atoms with E-state index in [1.807, 2.05) is 34.6 Å². The van der Waals surface area contributed by atoms with Gasteiger partial charge in [0.2, 0.25) is 0 Å². The van der Waals surface area contributed by atoms with E-state index in [1.54, 1.807) is 12.1 Å². The third-order valence-corrected chi connectivity index (χ3v) is 2.24. The number of urea groups is 1. The van der Waals surface area contributed by atoms with Crippen LogP contribution in [0.3, 0.4) is 0 Å². The minimum Gasteiger partial charge on any atom is -0.508 e. The van der Waals surface area contributed by atoms with Crippen molar-refractivity contribution in [2.24, 2.45) is 0 Å². The number of amides is 2. The summed E-state index contributed by atoms with van der Waals surface area (Å²) in [7, 11) is 0. The van der Waals surface area contributed by atoms with E-state index in [9.17, 15) is 9.90 Å². The van der Waals surface area contributed by atoms with Gasteiger partial charge in [-0.2, -0.15) is 0 Å². The Morgan fingerprint density at radius 1 is 1.18 bits per heavy atom. The van der Waals surface area contributed by atoms with Crippen LogP contribution in [0.5, 0.6) is 5.75 Å². The monoisotopic (exact) mass is 236 g/mol. The second kappa shape index (κ2) is 4.65. The fourth-order valence-corrected chi connectivity index (χ4v) is 1.62. The van der Waals surface area contributed by atoms with Gasteiger partial charge in [-0.3, -0.25) is 0 Å². The molecule has 3 N–H and O–H groups in total. The number of hydrogen-bond donors (Lipinski definition) is 3. The molecule has 0 aromatic heterocycles. The maximum absolute atomic E-state index is 11.7. The number of hydrogen-bond acceptors (Lipinski definition) is 2. The van der Waals surface area contributed by atoms with Crippen molar-refractivity contribution in [2.75, 3.05) is 5.32 Å². The quantitative estimate of drug-likeness (QED) is 0.656. The van der Waals surface area contributed by atoms with Gasteiger partial charge in [0.1, 0.15) is 5.75 Å². The van der Waals surface area contributed by atoms with Gasteiger partial charge in [0.15, 0.2) is 0 Å². The number of anilines is 1. The number of phenols is 1. The first kappa shape index (κ1) is 13.4. The van der Waals surface area contributed by atoms with Crippen molar-refractivity contribution in [2.45, 2.75) is 40.2 Å². The first-order chi connectivity index (χ1) is 7.69. The van der Waals surface area contributed by atoms with Crippen molar-refractivity contribution in [1.29, 1.82) is 0 Å². The highest BCUT2D eigenvalue weighted by Crippen LogP contribution is 2.25. The minimum atomic E-state index is -0.275. The lowest BCUT2D eigenvalue weighted by molar-refractivity contribution is 0.243. The van der Waals surface area contributed by atoms with Gasteiger partial charge in [-0.1, -0.05) is 0 Å². The Bertz CT molecular complexity index is 411. The van der Waals surface area contributed by atoms with Gasteiger partial charge in [-0.25, -0.2) is 4.79 Å². The summed E-state index contributed by atoms with van der Waals surface area (Å²) in [6, 6.07) is 3.01. The van der Waals surface area contributed by atoms with Gasteiger partial charge in [0.25, 0.3) is 0 Å². The Morgan fingerprint density at radius 2 is 1.65 bits per heavy atom. The maximum atomic E-state index is 11.7. The molecular weight excluding hydrogens is 216 g/mol. The minimum absolute atomic E-state index is 0.210. The molecule has 0 atom stereocenters. The molecule has 2 amide bonds. The molecule has 0 radical (unpaired) electrons. The number of carbonyl (C=O) groups excluding carboxylic acids is 1. The zero-order chi connectivity index (χ0) is 13.2. The average molecular weight is 236 g/mol. The summed E-state index contributed by atoms with van der Waals surface area (Å²) in [4.78, 5) is 11.7. The van der Waals surface area contributed by atoms with E-state index in [0.29, 0.717) is 0 Å². The molecule has 94 valence electrons. The lowest BCUT2D eigenvalue weighted by Gasteiger charge is -2.22. The number of nitrogens with one attached hydrogen (secondary N) is 2. The summed E-state index contributed by atoms with van der Waals surface area (Å²) in [5.74, 6) is 0.210. The molecule has 1 aromatic carbocycles. The molecule has 0 saturated heterocycles. The number of rotatable bonds is 1. The van der Waals surface area contributed by atoms with Gasteiger partial charge < -0.3 is 15.7 Å². The van der Waals surface area contributed by atoms with Crippen LogP contribution in [0.25, 0.3) is 0 Å². The smallest absolute Gasteiger partial charge is 0.319 e. The Labute approximate surface area is 102 Å². The average Bonchev–Trinajstić information content (AvgIpc) is 2.08. The SMILES string of the molecule is Cc1cc(O)cc(C)c1NC(=O)NC(C)(C)C. The van der Waals surface area contributed by atoms with E-state index in [1.165, 1.54) is 0 Å². The number of phenolic OH excluding ortho intramolecular Hbond substituents is 1. The van der Waals surface area contributed by atoms with Crippen LogP contribution in [0.15, 0.2) is 12.1 Å². The molecule has 0 fully saturated rings. The summed E-state index contributed by atoms with van der Waals surface area (Å²) in [6.07, 6.45) is 0. The summed E-state index contributed by atoms with van der Waals surface area (Å²) in [5.41, 5.74) is 2.14. The maximum Gasteiger partial charge on any atom is 0.319 e. The van der Waals surface area contributed by atoms with Gasteiger partial charge in [0.05, 0.1) is 0 Å². The Balaban J connectivity index is 2.86. The molecule has 0 heterocycles. The van der Waals surface area contributed by atoms with E-state index >= 15 is 0 Å². The van der Waals surface area contributed by atoms with E-state index < -0.39 is 0 Å².